The van der Waals surface area contributed by atoms with Crippen molar-refractivity contribution >= 4 is 46.4 Å². The van der Waals surface area contributed by atoms with Crippen LogP contribution in [0.1, 0.15) is 22.3 Å². The Hall–Kier alpha value is -7.79. The van der Waals surface area contributed by atoms with E-state index in [4.69, 9.17) is 38.4 Å². The minimum absolute atomic E-state index is 0.0880. The number of isocyanates is 1. The number of pyridine rings is 2. The van der Waals surface area contributed by atoms with Crippen molar-refractivity contribution in [1.82, 2.24) is 29.5 Å². The fourth-order valence-electron chi connectivity index (χ4n) is 6.13. The molecule has 0 unspecified atom stereocenters. The van der Waals surface area contributed by atoms with Gasteiger partial charge in [0.1, 0.15) is 28.8 Å². The molecule has 4 heterocycles. The van der Waals surface area contributed by atoms with Gasteiger partial charge in [0.25, 0.3) is 0 Å². The number of alkyl halides is 6. The average molecular weight is 974 g/mol. The maximum absolute atomic E-state index is 13.0. The highest BCUT2D eigenvalue weighted by Crippen LogP contribution is 2.37. The van der Waals surface area contributed by atoms with Gasteiger partial charge in [0, 0.05) is 80.7 Å². The van der Waals surface area contributed by atoms with Crippen LogP contribution in [-0.2, 0) is 48.9 Å². The van der Waals surface area contributed by atoms with Gasteiger partial charge in [0.2, 0.25) is 6.08 Å². The van der Waals surface area contributed by atoms with Crippen molar-refractivity contribution in [3.63, 3.8) is 0 Å². The lowest BCUT2D eigenvalue weighted by atomic mass is 10.0. The number of carbonyl (C=O) groups is 1. The van der Waals surface area contributed by atoms with E-state index in [1.54, 1.807) is 82.7 Å². The highest BCUT2D eigenvalue weighted by atomic mass is 35.5. The molecule has 0 aliphatic heterocycles. The number of nitrogens with zero attached hydrogens (tertiary/aromatic N) is 7. The van der Waals surface area contributed by atoms with Crippen LogP contribution in [0.5, 0.6) is 23.0 Å². The van der Waals surface area contributed by atoms with E-state index >= 15 is 0 Å². The molecule has 348 valence electrons. The van der Waals surface area contributed by atoms with Crippen molar-refractivity contribution in [1.29, 1.82) is 0 Å². The van der Waals surface area contributed by atoms with Gasteiger partial charge in [0.15, 0.2) is 0 Å². The summed E-state index contributed by atoms with van der Waals surface area (Å²) in [5.74, 6) is 2.43. The highest BCUT2D eigenvalue weighted by molar-refractivity contribution is 6.31. The monoisotopic (exact) mass is 972 g/mol. The Morgan fingerprint density at radius 2 is 1.09 bits per heavy atom. The lowest BCUT2D eigenvalue weighted by Crippen LogP contribution is -2.10. The first kappa shape index (κ1) is 49.6. The van der Waals surface area contributed by atoms with Crippen LogP contribution in [0.2, 0.25) is 10.0 Å². The normalized spacial score (nSPS) is 11.0. The molecule has 8 aromatic rings. The molecule has 0 atom stereocenters. The molecule has 0 bridgehead atoms. The van der Waals surface area contributed by atoms with Gasteiger partial charge in [-0.25, -0.2) is 4.79 Å². The zero-order valence-corrected chi connectivity index (χ0v) is 37.1. The molecular formula is C48H36Cl2F6N8O4. The van der Waals surface area contributed by atoms with Crippen LogP contribution in [0.4, 0.5) is 37.7 Å². The van der Waals surface area contributed by atoms with Gasteiger partial charge in [-0.05, 0) is 90.0 Å². The van der Waals surface area contributed by atoms with Gasteiger partial charge < -0.3 is 15.2 Å². The zero-order chi connectivity index (χ0) is 49.0. The van der Waals surface area contributed by atoms with E-state index in [0.717, 1.165) is 63.9 Å². The number of ether oxygens (including phenoxy) is 2. The maximum Gasteiger partial charge on any atom is 0.417 e. The van der Waals surface area contributed by atoms with Gasteiger partial charge in [-0.3, -0.25) is 24.1 Å². The molecule has 4 aromatic carbocycles. The smallest absolute Gasteiger partial charge is 0.417 e. The molecule has 0 aliphatic rings. The van der Waals surface area contributed by atoms with Gasteiger partial charge in [0.05, 0.1) is 50.6 Å². The third-order valence-electron chi connectivity index (χ3n) is 9.31. The Bertz CT molecular complexity index is 3040. The number of hydrogen-bond acceptors (Lipinski definition) is 10. The SMILES string of the molecule is Cn1cc(-c2cc(Oc3ccc(CC(=O)Cc4ccc(Cl)c(C(F)(F)F)c4)cc3)ccn2)cn1.Cn1cc(-c2cc(Oc3ccc(N)cc3)ccn2)cn1.O=C=Nc1ccc(Cl)c(C(F)(F)F)c1. The van der Waals surface area contributed by atoms with Crippen molar-refractivity contribution in [3.8, 4) is 45.5 Å². The van der Waals surface area contributed by atoms with E-state index in [0.29, 0.717) is 23.3 Å². The predicted octanol–water partition coefficient (Wildman–Crippen LogP) is 12.5. The van der Waals surface area contributed by atoms with Crippen LogP contribution >= 0.6 is 23.2 Å². The van der Waals surface area contributed by atoms with Crippen LogP contribution in [-0.4, -0.2) is 41.4 Å². The highest BCUT2D eigenvalue weighted by Gasteiger charge is 2.34. The van der Waals surface area contributed by atoms with Crippen molar-refractivity contribution in [2.45, 2.75) is 25.2 Å². The quantitative estimate of drug-likeness (QED) is 0.0578. The van der Waals surface area contributed by atoms with Gasteiger partial charge in [-0.1, -0.05) is 41.4 Å². The van der Waals surface area contributed by atoms with E-state index in [1.165, 1.54) is 12.1 Å². The predicted molar refractivity (Wildman–Crippen MR) is 243 cm³/mol. The topological polar surface area (TPSA) is 152 Å². The summed E-state index contributed by atoms with van der Waals surface area (Å²) in [6, 6.07) is 27.9. The summed E-state index contributed by atoms with van der Waals surface area (Å²) in [4.78, 5) is 33.9. The second-order valence-electron chi connectivity index (χ2n) is 14.5. The number of Topliss-reactive ketones (excluding diaryl/α,β-unsaturated/α-hetero) is 1. The first-order valence-electron chi connectivity index (χ1n) is 19.8. The third kappa shape index (κ3) is 14.4. The lowest BCUT2D eigenvalue weighted by molar-refractivity contribution is -0.138. The van der Waals surface area contributed by atoms with Crippen molar-refractivity contribution in [2.24, 2.45) is 19.1 Å². The molecule has 0 fully saturated rings. The summed E-state index contributed by atoms with van der Waals surface area (Å²) < 4.78 is 90.9. The summed E-state index contributed by atoms with van der Waals surface area (Å²) in [7, 11) is 3.70. The van der Waals surface area contributed by atoms with Crippen LogP contribution in [0, 0.1) is 0 Å². The molecule has 0 radical (unpaired) electrons. The molecule has 4 aromatic heterocycles. The summed E-state index contributed by atoms with van der Waals surface area (Å²) >= 11 is 11.0. The Balaban J connectivity index is 0.000000188. The summed E-state index contributed by atoms with van der Waals surface area (Å²) in [5.41, 5.74) is 8.64. The molecule has 2 N–H and O–H groups in total. The molecule has 8 rings (SSSR count). The molecule has 0 aliphatic carbocycles. The molecule has 0 spiro atoms. The number of anilines is 1. The molecule has 12 nitrogen and oxygen atoms in total. The van der Waals surface area contributed by atoms with E-state index < -0.39 is 28.5 Å². The maximum atomic E-state index is 13.0. The van der Waals surface area contributed by atoms with Gasteiger partial charge >= 0.3 is 12.4 Å². The van der Waals surface area contributed by atoms with E-state index in [2.05, 4.69) is 25.2 Å². The minimum Gasteiger partial charge on any atom is -0.457 e. The Morgan fingerprint density at radius 3 is 1.56 bits per heavy atom. The van der Waals surface area contributed by atoms with Crippen LogP contribution < -0.4 is 15.2 Å². The number of hydrogen-bond donors (Lipinski definition) is 1. The van der Waals surface area contributed by atoms with Gasteiger partial charge in [-0.15, -0.1) is 0 Å². The van der Waals surface area contributed by atoms with Crippen molar-refractivity contribution in [3.05, 3.63) is 179 Å². The first-order valence-corrected chi connectivity index (χ1v) is 20.6. The number of benzene rings is 4. The van der Waals surface area contributed by atoms with Crippen molar-refractivity contribution < 1.29 is 45.4 Å². The Morgan fingerprint density at radius 1 is 0.632 bits per heavy atom. The number of nitrogens with two attached hydrogens (primary N) is 1. The third-order valence-corrected chi connectivity index (χ3v) is 9.97. The van der Waals surface area contributed by atoms with Gasteiger partial charge in [-0.2, -0.15) is 41.5 Å². The molecular weight excluding hydrogens is 937 g/mol. The fourth-order valence-corrected chi connectivity index (χ4v) is 6.57. The van der Waals surface area contributed by atoms with Crippen LogP contribution in [0.25, 0.3) is 22.5 Å². The molecule has 0 amide bonds. The Kier molecular flexibility index (Phi) is 16.2. The van der Waals surface area contributed by atoms with E-state index in [-0.39, 0.29) is 34.9 Å². The first-order chi connectivity index (χ1) is 32.3. The molecule has 20 heteroatoms. The number of halogens is 8. The zero-order valence-electron chi connectivity index (χ0n) is 35.6. The van der Waals surface area contributed by atoms with E-state index in [1.807, 2.05) is 50.8 Å². The molecule has 68 heavy (non-hydrogen) atoms. The molecule has 0 saturated heterocycles. The minimum atomic E-state index is -4.57. The number of ketones is 1. The fraction of sp³-hybridized carbons (Fsp3) is 0.125. The molecule has 0 saturated carbocycles. The number of rotatable bonds is 11. The van der Waals surface area contributed by atoms with E-state index in [9.17, 15) is 35.9 Å². The number of aliphatic imine (C=N–C) groups is 1. The second kappa shape index (κ2) is 22.1. The summed E-state index contributed by atoms with van der Waals surface area (Å²) in [6.45, 7) is 0. The van der Waals surface area contributed by atoms with Crippen LogP contribution in [0.3, 0.4) is 0 Å². The largest absolute Gasteiger partial charge is 0.457 e. The van der Waals surface area contributed by atoms with Crippen molar-refractivity contribution in [2.75, 3.05) is 5.73 Å². The number of nitrogen functional groups attached to an aromatic ring is 1. The summed E-state index contributed by atoms with van der Waals surface area (Å²) in [5, 5.41) is 7.46. The van der Waals surface area contributed by atoms with Crippen LogP contribution in [0.15, 0.2) is 151 Å². The number of aromatic nitrogens is 6. The number of aryl methyl sites for hydroxylation is 2. The summed E-state index contributed by atoms with van der Waals surface area (Å²) in [6.07, 6.45) is 2.61. The Labute approximate surface area is 394 Å². The lowest BCUT2D eigenvalue weighted by Gasteiger charge is -2.11. The second-order valence-corrected chi connectivity index (χ2v) is 15.4. The number of carbonyl (C=O) groups excluding carboxylic acids is 2. The standard InChI is InChI=1S/C25H19ClF3N3O2.C15H14N4O.C8H3ClF3NO/c1-32-15-18(14-31-32)24-13-21(8-9-30-24)34-20-5-2-16(3-6-20)10-19(33)11-17-4-7-23(26)22(12-17)25(27,28)29;1-19-10-11(9-18-19)15-8-14(6-7-17-15)20-13-4-2-12(16)3-5-13;9-7-2-1-5(13-4-14)3-6(7)8(10,11)12/h2-9,12-15H,10-11H2,1H3;2-10H,16H2,1H3;1-3H. The average Bonchev–Trinajstić information content (AvgIpc) is 3.94.